The van der Waals surface area contributed by atoms with Crippen molar-refractivity contribution in [1.29, 1.82) is 0 Å². The lowest BCUT2D eigenvalue weighted by atomic mass is 10.0. The quantitative estimate of drug-likeness (QED) is 0.125. The summed E-state index contributed by atoms with van der Waals surface area (Å²) in [5.74, 6) is -2.49. The van der Waals surface area contributed by atoms with Crippen molar-refractivity contribution in [1.82, 2.24) is 19.6 Å². The number of thioether (sulfide) groups is 1. The van der Waals surface area contributed by atoms with Gasteiger partial charge in [-0.1, -0.05) is 5.16 Å². The topological polar surface area (TPSA) is 187 Å². The van der Waals surface area contributed by atoms with Crippen LogP contribution in [0.4, 0.5) is 5.13 Å². The van der Waals surface area contributed by atoms with Crippen LogP contribution < -0.4 is 20.7 Å². The molecule has 0 saturated carbocycles. The average molecular weight is 548 g/mol. The zero-order valence-electron chi connectivity index (χ0n) is 19.8. The lowest BCUT2D eigenvalue weighted by molar-refractivity contribution is -0.689. The van der Waals surface area contributed by atoms with E-state index in [1.807, 2.05) is 29.1 Å². The van der Waals surface area contributed by atoms with E-state index in [4.69, 9.17) is 15.7 Å². The zero-order chi connectivity index (χ0) is 26.5. The number of pyridine rings is 1. The smallest absolute Gasteiger partial charge is 0.278 e. The highest BCUT2D eigenvalue weighted by atomic mass is 32.2. The summed E-state index contributed by atoms with van der Waals surface area (Å²) >= 11 is 2.22. The van der Waals surface area contributed by atoms with Gasteiger partial charge in [0.15, 0.2) is 24.1 Å². The van der Waals surface area contributed by atoms with E-state index in [1.54, 1.807) is 6.92 Å². The number of amides is 2. The molecule has 13 nitrogen and oxygen atoms in total. The number of aliphatic carboxylic acids is 1. The third-order valence-electron chi connectivity index (χ3n) is 5.64. The number of aromatic nitrogens is 3. The van der Waals surface area contributed by atoms with Crippen molar-refractivity contribution in [3.05, 3.63) is 47.2 Å². The van der Waals surface area contributed by atoms with Gasteiger partial charge >= 0.3 is 0 Å². The highest BCUT2D eigenvalue weighted by molar-refractivity contribution is 8.00. The highest BCUT2D eigenvalue weighted by Gasteiger charge is 2.53. The molecule has 4 N–H and O–H groups in total. The van der Waals surface area contributed by atoms with E-state index in [-0.39, 0.29) is 42.1 Å². The highest BCUT2D eigenvalue weighted by Crippen LogP contribution is 2.40. The van der Waals surface area contributed by atoms with Crippen molar-refractivity contribution in [2.75, 3.05) is 24.7 Å². The number of oxime groups is 1. The van der Waals surface area contributed by atoms with Crippen LogP contribution >= 0.6 is 23.3 Å². The van der Waals surface area contributed by atoms with Gasteiger partial charge in [0.2, 0.25) is 11.5 Å². The molecule has 4 heterocycles. The summed E-state index contributed by atoms with van der Waals surface area (Å²) in [4.78, 5) is 48.1. The van der Waals surface area contributed by atoms with E-state index < -0.39 is 29.2 Å². The standard InChI is InChI=1S/C22H25N7O6S2/c1-2-35-26-14(17-25-22(23)37-27-17)18(31)24-15-19(32)29-16(21(33)34)13(11-36-20(15)29)10-28-7-5-12(6-8-28)4-3-9-30/h5-8,15,20,30H,2-4,9-11H2,1H3,(H3-,23,24,25,27,31,33,34)/t15?,20-/m1/s1. The molecule has 1 unspecified atom stereocenters. The average Bonchev–Trinajstić information content (AvgIpc) is 3.32. The van der Waals surface area contributed by atoms with Gasteiger partial charge < -0.3 is 30.9 Å². The van der Waals surface area contributed by atoms with Crippen LogP contribution in [0.2, 0.25) is 0 Å². The number of carboxylic acid groups (broad SMARTS) is 1. The Morgan fingerprint density at radius 1 is 1.41 bits per heavy atom. The molecule has 2 aromatic rings. The van der Waals surface area contributed by atoms with E-state index in [2.05, 4.69) is 19.8 Å². The molecule has 37 heavy (non-hydrogen) atoms. The number of β-lactam (4-membered cyclic amide) rings is 1. The maximum Gasteiger partial charge on any atom is 0.278 e. The Bertz CT molecular complexity index is 1250. The van der Waals surface area contributed by atoms with Crippen LogP contribution in [0, 0.1) is 0 Å². The molecule has 1 fully saturated rings. The molecule has 2 aromatic heterocycles. The van der Waals surface area contributed by atoms with Crippen molar-refractivity contribution in [2.45, 2.75) is 37.7 Å². The van der Waals surface area contributed by atoms with Crippen LogP contribution in [-0.4, -0.2) is 73.2 Å². The van der Waals surface area contributed by atoms with Gasteiger partial charge in [-0.05, 0) is 25.3 Å². The first kappa shape index (κ1) is 26.5. The summed E-state index contributed by atoms with van der Waals surface area (Å²) in [5.41, 5.74) is 6.76. The minimum atomic E-state index is -1.46. The minimum Gasteiger partial charge on any atom is -0.543 e. The van der Waals surface area contributed by atoms with Crippen LogP contribution in [0.15, 0.2) is 41.0 Å². The van der Waals surface area contributed by atoms with Crippen LogP contribution in [0.25, 0.3) is 0 Å². The Hall–Kier alpha value is -3.56. The van der Waals surface area contributed by atoms with E-state index in [9.17, 15) is 19.5 Å². The molecule has 2 aliphatic heterocycles. The predicted molar refractivity (Wildman–Crippen MR) is 132 cm³/mol. The molecule has 2 amide bonds. The van der Waals surface area contributed by atoms with Crippen molar-refractivity contribution in [3.8, 4) is 0 Å². The minimum absolute atomic E-state index is 0.0367. The summed E-state index contributed by atoms with van der Waals surface area (Å²) in [6.45, 7) is 2.24. The number of carbonyl (C=O) groups is 3. The summed E-state index contributed by atoms with van der Waals surface area (Å²) in [6.07, 6.45) is 5.04. The summed E-state index contributed by atoms with van der Waals surface area (Å²) in [5, 5.41) is 26.9. The zero-order valence-corrected chi connectivity index (χ0v) is 21.5. The van der Waals surface area contributed by atoms with Gasteiger partial charge in [0.1, 0.15) is 18.0 Å². The number of carboxylic acids is 1. The van der Waals surface area contributed by atoms with Crippen molar-refractivity contribution in [3.63, 3.8) is 0 Å². The van der Waals surface area contributed by atoms with Crippen molar-refractivity contribution < 1.29 is 34.0 Å². The van der Waals surface area contributed by atoms with Crippen LogP contribution in [0.1, 0.15) is 24.7 Å². The number of aryl methyl sites for hydroxylation is 1. The van der Waals surface area contributed by atoms with E-state index >= 15 is 0 Å². The van der Waals surface area contributed by atoms with Gasteiger partial charge in [0.05, 0.1) is 11.7 Å². The van der Waals surface area contributed by atoms with Gasteiger partial charge in [-0.3, -0.25) is 14.5 Å². The van der Waals surface area contributed by atoms with Gasteiger partial charge in [0.25, 0.3) is 11.8 Å². The largest absolute Gasteiger partial charge is 0.543 e. The third-order valence-corrected chi connectivity index (χ3v) is 7.52. The van der Waals surface area contributed by atoms with Crippen LogP contribution in [0.3, 0.4) is 0 Å². The first-order chi connectivity index (χ1) is 17.8. The number of nitrogens with zero attached hydrogens (tertiary/aromatic N) is 5. The van der Waals surface area contributed by atoms with Crippen LogP contribution in [-0.2, 0) is 32.2 Å². The molecule has 196 valence electrons. The van der Waals surface area contributed by atoms with Crippen LogP contribution in [0.5, 0.6) is 0 Å². The SMILES string of the molecule is CCON=C(C(=O)NC1C(=O)N2C(C(=O)[O-])=C(C[n+]3ccc(CCCO)cc3)CS[C@H]12)c1nsc(N)n1. The Kier molecular flexibility index (Phi) is 8.35. The van der Waals surface area contributed by atoms with E-state index in [1.165, 1.54) is 11.8 Å². The van der Waals surface area contributed by atoms with E-state index in [0.717, 1.165) is 28.4 Å². The maximum absolute atomic E-state index is 13.0. The number of nitrogen functional groups attached to an aromatic ring is 1. The number of nitrogens with two attached hydrogens (primary N) is 1. The molecule has 0 aromatic carbocycles. The molecule has 0 bridgehead atoms. The van der Waals surface area contributed by atoms with Crippen molar-refractivity contribution in [2.24, 2.45) is 5.16 Å². The molecular weight excluding hydrogens is 522 g/mol. The fourth-order valence-corrected chi connectivity index (χ4v) is 5.68. The Labute approximate surface area is 220 Å². The number of hydrogen-bond donors (Lipinski definition) is 3. The number of aliphatic hydroxyl groups excluding tert-OH is 1. The van der Waals surface area contributed by atoms with Gasteiger partial charge in [0, 0.05) is 41.6 Å². The summed E-state index contributed by atoms with van der Waals surface area (Å²) in [6, 6.07) is 2.83. The maximum atomic E-state index is 13.0. The molecule has 2 aliphatic rings. The number of carbonyl (C=O) groups excluding carboxylic acids is 3. The Morgan fingerprint density at radius 3 is 2.78 bits per heavy atom. The Morgan fingerprint density at radius 2 is 2.16 bits per heavy atom. The number of anilines is 1. The van der Waals surface area contributed by atoms with E-state index in [0.29, 0.717) is 17.7 Å². The predicted octanol–water partition coefficient (Wildman–Crippen LogP) is -1.82. The fourth-order valence-electron chi connectivity index (χ4n) is 3.91. The number of aliphatic hydroxyl groups is 1. The first-order valence-electron chi connectivity index (χ1n) is 11.4. The molecule has 0 aliphatic carbocycles. The Balaban J connectivity index is 1.49. The van der Waals surface area contributed by atoms with Gasteiger partial charge in [-0.15, -0.1) is 11.8 Å². The lowest BCUT2D eigenvalue weighted by Crippen LogP contribution is -2.71. The third kappa shape index (κ3) is 5.73. The normalized spacial score (nSPS) is 19.4. The number of hydrogen-bond acceptors (Lipinski definition) is 12. The van der Waals surface area contributed by atoms with Gasteiger partial charge in [-0.2, -0.15) is 9.36 Å². The second kappa shape index (κ2) is 11.7. The van der Waals surface area contributed by atoms with Gasteiger partial charge in [-0.25, -0.2) is 4.57 Å². The molecule has 0 spiro atoms. The summed E-state index contributed by atoms with van der Waals surface area (Å²) in [7, 11) is 0. The second-order valence-electron chi connectivity index (χ2n) is 8.12. The molecule has 2 atom stereocenters. The monoisotopic (exact) mass is 547 g/mol. The molecule has 15 heteroatoms. The fraction of sp³-hybridized carbons (Fsp3) is 0.409. The number of fused-ring (bicyclic) bond motifs is 1. The number of nitrogens with one attached hydrogen (secondary N) is 1. The first-order valence-corrected chi connectivity index (χ1v) is 13.2. The molecule has 1 saturated heterocycles. The molecule has 4 rings (SSSR count). The van der Waals surface area contributed by atoms with Crippen molar-refractivity contribution >= 4 is 51.9 Å². The molecule has 0 radical (unpaired) electrons. The number of rotatable bonds is 11. The summed E-state index contributed by atoms with van der Waals surface area (Å²) < 4.78 is 5.79. The molecular formula is C22H25N7O6S2. The lowest BCUT2D eigenvalue weighted by Gasteiger charge is -2.50. The second-order valence-corrected chi connectivity index (χ2v) is 10.0.